The third-order valence-corrected chi connectivity index (χ3v) is 3.63. The van der Waals surface area contributed by atoms with E-state index in [0.29, 0.717) is 11.1 Å². The lowest BCUT2D eigenvalue weighted by atomic mass is 9.77. The zero-order chi connectivity index (χ0) is 14.5. The number of hydrogen-bond acceptors (Lipinski definition) is 5. The molecule has 1 atom stereocenters. The summed E-state index contributed by atoms with van der Waals surface area (Å²) < 4.78 is 5.17. The summed E-state index contributed by atoms with van der Waals surface area (Å²) in [6.07, 6.45) is 0. The summed E-state index contributed by atoms with van der Waals surface area (Å²) in [4.78, 5) is 12.2. The topological polar surface area (TPSA) is 87.0 Å². The molecule has 1 aliphatic heterocycles. The Balaban J connectivity index is 2.24. The molecular weight excluding hydrogens is 260 g/mol. The van der Waals surface area contributed by atoms with E-state index in [-0.39, 0.29) is 23.0 Å². The number of carbonyl (C=O) groups is 1. The van der Waals surface area contributed by atoms with E-state index in [0.717, 1.165) is 0 Å². The van der Waals surface area contributed by atoms with E-state index in [1.807, 2.05) is 0 Å². The van der Waals surface area contributed by atoms with Crippen LogP contribution in [-0.2, 0) is 10.2 Å². The molecule has 0 aromatic heterocycles. The summed E-state index contributed by atoms with van der Waals surface area (Å²) in [5.41, 5.74) is -0.285. The van der Waals surface area contributed by atoms with Gasteiger partial charge in [-0.3, -0.25) is 4.79 Å². The first-order valence-corrected chi connectivity index (χ1v) is 6.01. The quantitative estimate of drug-likeness (QED) is 0.546. The maximum Gasteiger partial charge on any atom is 0.326 e. The molecule has 0 amide bonds. The maximum atomic E-state index is 12.2. The van der Waals surface area contributed by atoms with E-state index in [1.54, 1.807) is 13.0 Å². The lowest BCUT2D eigenvalue weighted by molar-refractivity contribution is -0.136. The Morgan fingerprint density at radius 2 is 1.55 bits per heavy atom. The molecule has 102 valence electrons. The van der Waals surface area contributed by atoms with Crippen molar-refractivity contribution in [3.63, 3.8) is 0 Å². The van der Waals surface area contributed by atoms with Crippen molar-refractivity contribution in [2.45, 2.75) is 12.3 Å². The van der Waals surface area contributed by atoms with Crippen molar-refractivity contribution in [3.8, 4) is 23.0 Å². The first kappa shape index (κ1) is 12.3. The summed E-state index contributed by atoms with van der Waals surface area (Å²) in [5.74, 6) is -0.558. The number of fused-ring (bicyclic) bond motifs is 1. The highest BCUT2D eigenvalue weighted by molar-refractivity contribution is 5.94. The fraction of sp³-hybridized carbons (Fsp3) is 0.133. The van der Waals surface area contributed by atoms with Crippen molar-refractivity contribution in [2.75, 3.05) is 0 Å². The van der Waals surface area contributed by atoms with Crippen molar-refractivity contribution < 1.29 is 24.9 Å². The van der Waals surface area contributed by atoms with Crippen LogP contribution < -0.4 is 4.74 Å². The summed E-state index contributed by atoms with van der Waals surface area (Å²) in [6, 6.07) is 8.44. The second-order valence-electron chi connectivity index (χ2n) is 4.90. The molecule has 0 saturated carbocycles. The molecule has 0 aliphatic carbocycles. The van der Waals surface area contributed by atoms with Crippen LogP contribution in [0, 0.1) is 0 Å². The zero-order valence-electron chi connectivity index (χ0n) is 10.6. The van der Waals surface area contributed by atoms with E-state index in [1.165, 1.54) is 30.3 Å². The highest BCUT2D eigenvalue weighted by atomic mass is 16.5. The van der Waals surface area contributed by atoms with Gasteiger partial charge in [0, 0.05) is 23.3 Å². The Morgan fingerprint density at radius 1 is 0.950 bits per heavy atom. The Bertz CT molecular complexity index is 722. The van der Waals surface area contributed by atoms with E-state index < -0.39 is 11.4 Å². The van der Waals surface area contributed by atoms with Crippen LogP contribution in [0.15, 0.2) is 36.4 Å². The molecular formula is C15H12O5. The van der Waals surface area contributed by atoms with Crippen LogP contribution >= 0.6 is 0 Å². The minimum Gasteiger partial charge on any atom is -0.508 e. The zero-order valence-corrected chi connectivity index (χ0v) is 10.6. The van der Waals surface area contributed by atoms with Crippen molar-refractivity contribution in [3.05, 3.63) is 47.5 Å². The van der Waals surface area contributed by atoms with Gasteiger partial charge < -0.3 is 20.1 Å². The Hall–Kier alpha value is -2.69. The SMILES string of the molecule is CC1(c2ccc(O)cc2O)C(=O)Oc2cc(O)ccc21. The van der Waals surface area contributed by atoms with Gasteiger partial charge in [0.05, 0.1) is 0 Å². The Kier molecular flexibility index (Phi) is 2.41. The van der Waals surface area contributed by atoms with Crippen molar-refractivity contribution in [1.82, 2.24) is 0 Å². The lowest BCUT2D eigenvalue weighted by Gasteiger charge is -2.22. The van der Waals surface area contributed by atoms with Gasteiger partial charge in [-0.15, -0.1) is 0 Å². The largest absolute Gasteiger partial charge is 0.508 e. The van der Waals surface area contributed by atoms with Crippen molar-refractivity contribution in [1.29, 1.82) is 0 Å². The first-order valence-electron chi connectivity index (χ1n) is 6.01. The van der Waals surface area contributed by atoms with Gasteiger partial charge in [0.25, 0.3) is 0 Å². The van der Waals surface area contributed by atoms with Crippen LogP contribution in [0.4, 0.5) is 0 Å². The predicted molar refractivity (Wildman–Crippen MR) is 70.0 cm³/mol. The third kappa shape index (κ3) is 1.53. The number of rotatable bonds is 1. The lowest BCUT2D eigenvalue weighted by Crippen LogP contribution is -2.31. The van der Waals surface area contributed by atoms with E-state index in [9.17, 15) is 20.1 Å². The molecule has 0 radical (unpaired) electrons. The molecule has 5 heteroatoms. The maximum absolute atomic E-state index is 12.2. The normalized spacial score (nSPS) is 20.6. The van der Waals surface area contributed by atoms with E-state index in [4.69, 9.17) is 4.74 Å². The fourth-order valence-corrected chi connectivity index (χ4v) is 2.52. The second-order valence-corrected chi connectivity index (χ2v) is 4.90. The Morgan fingerprint density at radius 3 is 2.20 bits per heavy atom. The predicted octanol–water partition coefficient (Wildman–Crippen LogP) is 2.03. The minimum absolute atomic E-state index is 0.00396. The van der Waals surface area contributed by atoms with Crippen LogP contribution in [0.3, 0.4) is 0 Å². The average molecular weight is 272 g/mol. The van der Waals surface area contributed by atoms with Gasteiger partial charge in [0.15, 0.2) is 0 Å². The molecule has 20 heavy (non-hydrogen) atoms. The summed E-state index contributed by atoms with van der Waals surface area (Å²) >= 11 is 0. The smallest absolute Gasteiger partial charge is 0.326 e. The monoisotopic (exact) mass is 272 g/mol. The van der Waals surface area contributed by atoms with Crippen LogP contribution in [0.25, 0.3) is 0 Å². The molecule has 3 N–H and O–H groups in total. The highest BCUT2D eigenvalue weighted by Crippen LogP contribution is 2.48. The minimum atomic E-state index is -1.18. The standard InChI is InChI=1S/C15H12O5/c1-15(10-4-2-8(16)6-12(10)18)11-5-3-9(17)7-13(11)20-14(15)19/h2-7,16-18H,1H3. The number of phenolic OH excluding ortho intramolecular Hbond substituents is 3. The highest BCUT2D eigenvalue weighted by Gasteiger charge is 2.48. The number of carbonyl (C=O) groups excluding carboxylic acids is 1. The van der Waals surface area contributed by atoms with Gasteiger partial charge in [-0.2, -0.15) is 0 Å². The van der Waals surface area contributed by atoms with Crippen molar-refractivity contribution >= 4 is 5.97 Å². The number of hydrogen-bond donors (Lipinski definition) is 3. The molecule has 1 heterocycles. The summed E-state index contributed by atoms with van der Waals surface area (Å²) in [5, 5.41) is 28.8. The molecule has 2 aromatic rings. The second kappa shape index (κ2) is 3.90. The third-order valence-electron chi connectivity index (χ3n) is 3.63. The summed E-state index contributed by atoms with van der Waals surface area (Å²) in [6.45, 7) is 1.63. The molecule has 0 saturated heterocycles. The van der Waals surface area contributed by atoms with Gasteiger partial charge in [0.2, 0.25) is 0 Å². The molecule has 0 bridgehead atoms. The van der Waals surface area contributed by atoms with Gasteiger partial charge in [-0.05, 0) is 19.1 Å². The number of ether oxygens (including phenoxy) is 1. The van der Waals surface area contributed by atoms with Crippen LogP contribution in [0.2, 0.25) is 0 Å². The van der Waals surface area contributed by atoms with Crippen LogP contribution in [-0.4, -0.2) is 21.3 Å². The molecule has 1 aliphatic rings. The molecule has 2 aromatic carbocycles. The molecule has 0 fully saturated rings. The van der Waals surface area contributed by atoms with Gasteiger partial charge >= 0.3 is 5.97 Å². The van der Waals surface area contributed by atoms with E-state index >= 15 is 0 Å². The molecule has 0 spiro atoms. The van der Waals surface area contributed by atoms with Crippen molar-refractivity contribution in [2.24, 2.45) is 0 Å². The molecule has 5 nitrogen and oxygen atoms in total. The van der Waals surface area contributed by atoms with Crippen LogP contribution in [0.1, 0.15) is 18.1 Å². The van der Waals surface area contributed by atoms with Gasteiger partial charge in [-0.25, -0.2) is 0 Å². The van der Waals surface area contributed by atoms with E-state index in [2.05, 4.69) is 0 Å². The molecule has 3 rings (SSSR count). The van der Waals surface area contributed by atoms with Crippen LogP contribution in [0.5, 0.6) is 23.0 Å². The van der Waals surface area contributed by atoms with Gasteiger partial charge in [-0.1, -0.05) is 12.1 Å². The molecule has 1 unspecified atom stereocenters. The number of esters is 1. The number of benzene rings is 2. The summed E-state index contributed by atoms with van der Waals surface area (Å²) in [7, 11) is 0. The average Bonchev–Trinajstić information content (AvgIpc) is 2.61. The Labute approximate surface area is 114 Å². The fourth-order valence-electron chi connectivity index (χ4n) is 2.52. The number of aromatic hydroxyl groups is 3. The van der Waals surface area contributed by atoms with Gasteiger partial charge in [0.1, 0.15) is 28.4 Å². The first-order chi connectivity index (χ1) is 9.42. The number of phenols is 3.